The molecule has 0 fully saturated rings. The van der Waals surface area contributed by atoms with Crippen LogP contribution in [0.5, 0.6) is 5.75 Å². The van der Waals surface area contributed by atoms with Crippen LogP contribution in [0, 0.1) is 11.3 Å². The highest BCUT2D eigenvalue weighted by molar-refractivity contribution is 9.10. The fraction of sp³-hybridized carbons (Fsp3) is 0.0833. The molecule has 3 rings (SSSR count). The SMILES string of the molecule is COc1cc(/C=C(\C#N)C(=O)Nc2cccc(Cl)c2)cc(Br)c1Cc1ccccc1Br. The molecule has 1 N–H and O–H groups in total. The topological polar surface area (TPSA) is 62.1 Å². The summed E-state index contributed by atoms with van der Waals surface area (Å²) in [7, 11) is 1.59. The number of nitrogens with one attached hydrogen (secondary N) is 1. The Morgan fingerprint density at radius 1 is 1.13 bits per heavy atom. The van der Waals surface area contributed by atoms with E-state index in [4.69, 9.17) is 16.3 Å². The number of amides is 1. The molecule has 0 saturated heterocycles. The second-order valence-corrected chi connectivity index (χ2v) is 8.73. The number of hydrogen-bond donors (Lipinski definition) is 1. The highest BCUT2D eigenvalue weighted by Gasteiger charge is 2.14. The zero-order valence-electron chi connectivity index (χ0n) is 16.5. The molecule has 0 spiro atoms. The Bertz CT molecular complexity index is 1200. The van der Waals surface area contributed by atoms with E-state index in [-0.39, 0.29) is 5.57 Å². The number of methoxy groups -OCH3 is 1. The van der Waals surface area contributed by atoms with E-state index in [2.05, 4.69) is 37.2 Å². The maximum Gasteiger partial charge on any atom is 0.266 e. The van der Waals surface area contributed by atoms with Crippen LogP contribution in [0.4, 0.5) is 5.69 Å². The van der Waals surface area contributed by atoms with E-state index >= 15 is 0 Å². The molecule has 0 saturated carbocycles. The van der Waals surface area contributed by atoms with Crippen molar-refractivity contribution in [3.63, 3.8) is 0 Å². The first kappa shape index (κ1) is 23.1. The van der Waals surface area contributed by atoms with E-state index in [0.29, 0.717) is 28.4 Å². The number of ether oxygens (including phenoxy) is 1. The fourth-order valence-electron chi connectivity index (χ4n) is 2.98. The lowest BCUT2D eigenvalue weighted by atomic mass is 10.0. The molecule has 3 aromatic rings. The number of benzene rings is 3. The quantitative estimate of drug-likeness (QED) is 0.261. The van der Waals surface area contributed by atoms with Crippen LogP contribution in [0.2, 0.25) is 5.02 Å². The molecule has 0 unspecified atom stereocenters. The van der Waals surface area contributed by atoms with E-state index in [9.17, 15) is 10.1 Å². The molecular weight excluding hydrogens is 544 g/mol. The summed E-state index contributed by atoms with van der Waals surface area (Å²) in [6, 6.07) is 20.3. The smallest absolute Gasteiger partial charge is 0.266 e. The molecule has 0 bridgehead atoms. The van der Waals surface area contributed by atoms with Gasteiger partial charge in [-0.15, -0.1) is 0 Å². The lowest BCUT2D eigenvalue weighted by Gasteiger charge is -2.13. The fourth-order valence-corrected chi connectivity index (χ4v) is 4.20. The van der Waals surface area contributed by atoms with Gasteiger partial charge in [0.25, 0.3) is 5.91 Å². The van der Waals surface area contributed by atoms with Crippen LogP contribution in [0.3, 0.4) is 0 Å². The molecule has 1 amide bonds. The summed E-state index contributed by atoms with van der Waals surface area (Å²) in [4.78, 5) is 12.6. The minimum atomic E-state index is -0.517. The van der Waals surface area contributed by atoms with Gasteiger partial charge < -0.3 is 10.1 Å². The maximum absolute atomic E-state index is 12.6. The predicted molar refractivity (Wildman–Crippen MR) is 131 cm³/mol. The van der Waals surface area contributed by atoms with Crippen LogP contribution in [0.15, 0.2) is 75.2 Å². The largest absolute Gasteiger partial charge is 0.496 e. The monoisotopic (exact) mass is 558 g/mol. The Morgan fingerprint density at radius 2 is 1.90 bits per heavy atom. The summed E-state index contributed by atoms with van der Waals surface area (Å²) in [5.41, 5.74) is 3.22. The summed E-state index contributed by atoms with van der Waals surface area (Å²) in [5, 5.41) is 12.7. The van der Waals surface area contributed by atoms with E-state index in [1.807, 2.05) is 36.4 Å². The number of rotatable bonds is 6. The lowest BCUT2D eigenvalue weighted by Crippen LogP contribution is -2.13. The van der Waals surface area contributed by atoms with Gasteiger partial charge in [-0.3, -0.25) is 4.79 Å². The Balaban J connectivity index is 1.90. The van der Waals surface area contributed by atoms with Gasteiger partial charge >= 0.3 is 0 Å². The molecule has 0 aromatic heterocycles. The van der Waals surface area contributed by atoms with Gasteiger partial charge in [-0.1, -0.05) is 67.7 Å². The van der Waals surface area contributed by atoms with Gasteiger partial charge in [-0.25, -0.2) is 0 Å². The molecule has 0 aliphatic rings. The number of nitrogens with zero attached hydrogens (tertiary/aromatic N) is 1. The van der Waals surface area contributed by atoms with Gasteiger partial charge in [-0.2, -0.15) is 5.26 Å². The Morgan fingerprint density at radius 3 is 2.58 bits per heavy atom. The van der Waals surface area contributed by atoms with Gasteiger partial charge in [0.05, 0.1) is 7.11 Å². The predicted octanol–water partition coefficient (Wildman–Crippen LogP) is 7.01. The van der Waals surface area contributed by atoms with Crippen molar-refractivity contribution in [3.05, 3.63) is 96.9 Å². The van der Waals surface area contributed by atoms with Crippen LogP contribution in [-0.2, 0) is 11.2 Å². The molecule has 0 heterocycles. The van der Waals surface area contributed by atoms with Crippen LogP contribution in [0.25, 0.3) is 6.08 Å². The van der Waals surface area contributed by atoms with Crippen molar-refractivity contribution < 1.29 is 9.53 Å². The van der Waals surface area contributed by atoms with Crippen LogP contribution in [-0.4, -0.2) is 13.0 Å². The molecule has 0 aliphatic heterocycles. The molecule has 4 nitrogen and oxygen atoms in total. The third-order valence-electron chi connectivity index (χ3n) is 4.48. The number of anilines is 1. The third-order valence-corrected chi connectivity index (χ3v) is 6.20. The Labute approximate surface area is 202 Å². The molecule has 0 radical (unpaired) electrons. The first-order chi connectivity index (χ1) is 14.9. The normalized spacial score (nSPS) is 11.0. The number of hydrogen-bond acceptors (Lipinski definition) is 3. The Kier molecular flexibility index (Phi) is 7.91. The first-order valence-corrected chi connectivity index (χ1v) is 11.2. The molecule has 3 aromatic carbocycles. The standard InChI is InChI=1S/C24H17Br2ClN2O2/c1-31-23-11-15(10-22(26)20(23)12-16-5-2-3-8-21(16)25)9-17(14-28)24(30)29-19-7-4-6-18(27)13-19/h2-11,13H,12H2,1H3,(H,29,30)/b17-9+. The van der Waals surface area contributed by atoms with Crippen molar-refractivity contribution in [2.45, 2.75) is 6.42 Å². The van der Waals surface area contributed by atoms with Crippen LogP contribution < -0.4 is 10.1 Å². The highest BCUT2D eigenvalue weighted by atomic mass is 79.9. The second-order valence-electron chi connectivity index (χ2n) is 6.59. The summed E-state index contributed by atoms with van der Waals surface area (Å²) in [6.07, 6.45) is 2.17. The molecular formula is C24H17Br2ClN2O2. The van der Waals surface area contributed by atoms with E-state index in [1.54, 1.807) is 37.4 Å². The zero-order valence-corrected chi connectivity index (χ0v) is 20.4. The van der Waals surface area contributed by atoms with Gasteiger partial charge in [-0.05, 0) is 53.6 Å². The van der Waals surface area contributed by atoms with Crippen molar-refractivity contribution in [1.29, 1.82) is 5.26 Å². The molecule has 7 heteroatoms. The summed E-state index contributed by atoms with van der Waals surface area (Å²) in [5.74, 6) is 0.140. The minimum Gasteiger partial charge on any atom is -0.496 e. The average molecular weight is 561 g/mol. The van der Waals surface area contributed by atoms with Crippen molar-refractivity contribution in [3.8, 4) is 11.8 Å². The van der Waals surface area contributed by atoms with Gasteiger partial charge in [0.2, 0.25) is 0 Å². The zero-order chi connectivity index (χ0) is 22.4. The highest BCUT2D eigenvalue weighted by Crippen LogP contribution is 2.33. The van der Waals surface area contributed by atoms with Crippen molar-refractivity contribution in [2.75, 3.05) is 12.4 Å². The van der Waals surface area contributed by atoms with Gasteiger partial charge in [0.15, 0.2) is 0 Å². The number of nitriles is 1. The van der Waals surface area contributed by atoms with E-state index in [1.165, 1.54) is 6.08 Å². The van der Waals surface area contributed by atoms with Crippen molar-refractivity contribution in [1.82, 2.24) is 0 Å². The van der Waals surface area contributed by atoms with Crippen molar-refractivity contribution in [2.24, 2.45) is 0 Å². The van der Waals surface area contributed by atoms with E-state index < -0.39 is 5.91 Å². The lowest BCUT2D eigenvalue weighted by molar-refractivity contribution is -0.112. The first-order valence-electron chi connectivity index (χ1n) is 9.19. The van der Waals surface area contributed by atoms with E-state index in [0.717, 1.165) is 20.1 Å². The van der Waals surface area contributed by atoms with Gasteiger partial charge in [0, 0.05) is 31.6 Å². The van der Waals surface area contributed by atoms with Gasteiger partial charge in [0.1, 0.15) is 17.4 Å². The summed E-state index contributed by atoms with van der Waals surface area (Å²) < 4.78 is 7.42. The third kappa shape index (κ3) is 5.98. The Hall–Kier alpha value is -2.59. The molecule has 156 valence electrons. The average Bonchev–Trinajstić information content (AvgIpc) is 2.74. The number of carbonyl (C=O) groups is 1. The van der Waals surface area contributed by atoms with Crippen LogP contribution in [0.1, 0.15) is 16.7 Å². The van der Waals surface area contributed by atoms with Crippen LogP contribution >= 0.6 is 43.5 Å². The second kappa shape index (κ2) is 10.6. The summed E-state index contributed by atoms with van der Waals surface area (Å²) in [6.45, 7) is 0. The molecule has 0 atom stereocenters. The molecule has 0 aliphatic carbocycles. The minimum absolute atomic E-state index is 0.0347. The summed E-state index contributed by atoms with van der Waals surface area (Å²) >= 11 is 13.1. The number of halogens is 3. The maximum atomic E-state index is 12.6. The van der Waals surface area contributed by atoms with Crippen molar-refractivity contribution >= 4 is 61.1 Å². The number of carbonyl (C=O) groups excluding carboxylic acids is 1. The molecule has 31 heavy (non-hydrogen) atoms.